The standard InChI is InChI=1S/C11H18N4/c1-3-9-5-4-8(2)15(9)11-10(12)13-6-7-14-11/h6-9H,3-5H2,1-2H3,(H2,12,13). The van der Waals surface area contributed by atoms with Crippen molar-refractivity contribution < 1.29 is 0 Å². The Bertz CT molecular complexity index is 339. The molecule has 1 aliphatic rings. The maximum absolute atomic E-state index is 5.86. The quantitative estimate of drug-likeness (QED) is 0.802. The van der Waals surface area contributed by atoms with Crippen LogP contribution >= 0.6 is 0 Å². The summed E-state index contributed by atoms with van der Waals surface area (Å²) in [6, 6.07) is 1.09. The van der Waals surface area contributed by atoms with Gasteiger partial charge in [-0.05, 0) is 26.2 Å². The lowest BCUT2D eigenvalue weighted by Crippen LogP contribution is -2.35. The fourth-order valence-electron chi connectivity index (χ4n) is 2.39. The van der Waals surface area contributed by atoms with E-state index in [4.69, 9.17) is 5.73 Å². The molecule has 2 heterocycles. The van der Waals surface area contributed by atoms with Gasteiger partial charge in [0.15, 0.2) is 11.6 Å². The van der Waals surface area contributed by atoms with Crippen molar-refractivity contribution in [3.63, 3.8) is 0 Å². The minimum Gasteiger partial charge on any atom is -0.381 e. The molecule has 1 aromatic heterocycles. The Labute approximate surface area is 90.5 Å². The van der Waals surface area contributed by atoms with Crippen molar-refractivity contribution in [1.82, 2.24) is 9.97 Å². The van der Waals surface area contributed by atoms with Crippen LogP contribution < -0.4 is 10.6 Å². The predicted octanol–water partition coefficient (Wildman–Crippen LogP) is 1.83. The van der Waals surface area contributed by atoms with Crippen molar-refractivity contribution in [2.45, 2.75) is 45.2 Å². The molecule has 1 saturated heterocycles. The summed E-state index contributed by atoms with van der Waals surface area (Å²) in [5.74, 6) is 1.40. The van der Waals surface area contributed by atoms with Gasteiger partial charge < -0.3 is 10.6 Å². The molecule has 0 spiro atoms. The highest BCUT2D eigenvalue weighted by Gasteiger charge is 2.31. The van der Waals surface area contributed by atoms with Gasteiger partial charge in [0, 0.05) is 24.5 Å². The molecule has 82 valence electrons. The molecule has 1 aliphatic heterocycles. The summed E-state index contributed by atoms with van der Waals surface area (Å²) in [6.45, 7) is 4.44. The second kappa shape index (κ2) is 4.04. The minimum atomic E-state index is 0.522. The number of nitrogens with zero attached hydrogens (tertiary/aromatic N) is 3. The number of hydrogen-bond acceptors (Lipinski definition) is 4. The molecule has 0 aromatic carbocycles. The van der Waals surface area contributed by atoms with Gasteiger partial charge in [-0.2, -0.15) is 0 Å². The monoisotopic (exact) mass is 206 g/mol. The first-order valence-corrected chi connectivity index (χ1v) is 5.58. The number of anilines is 2. The third-order valence-electron chi connectivity index (χ3n) is 3.21. The van der Waals surface area contributed by atoms with Gasteiger partial charge in [0.05, 0.1) is 0 Å². The van der Waals surface area contributed by atoms with E-state index in [1.54, 1.807) is 12.4 Å². The van der Waals surface area contributed by atoms with E-state index < -0.39 is 0 Å². The van der Waals surface area contributed by atoms with E-state index in [1.165, 1.54) is 12.8 Å². The summed E-state index contributed by atoms with van der Waals surface area (Å²) in [6.07, 6.45) is 6.94. The summed E-state index contributed by atoms with van der Waals surface area (Å²) >= 11 is 0. The van der Waals surface area contributed by atoms with E-state index in [0.717, 1.165) is 12.2 Å². The van der Waals surface area contributed by atoms with E-state index in [1.807, 2.05) is 0 Å². The predicted molar refractivity (Wildman–Crippen MR) is 61.7 cm³/mol. The Morgan fingerprint density at radius 3 is 2.80 bits per heavy atom. The number of aromatic nitrogens is 2. The van der Waals surface area contributed by atoms with E-state index in [0.29, 0.717) is 17.9 Å². The molecule has 1 fully saturated rings. The van der Waals surface area contributed by atoms with Crippen LogP contribution in [0.25, 0.3) is 0 Å². The molecule has 1 aromatic rings. The molecule has 2 rings (SSSR count). The zero-order valence-corrected chi connectivity index (χ0v) is 9.35. The molecule has 0 aliphatic carbocycles. The first kappa shape index (κ1) is 10.2. The molecule has 0 bridgehead atoms. The van der Waals surface area contributed by atoms with E-state index in [-0.39, 0.29) is 0 Å². The SMILES string of the molecule is CCC1CCC(C)N1c1nccnc1N. The van der Waals surface area contributed by atoms with E-state index in [9.17, 15) is 0 Å². The minimum absolute atomic E-state index is 0.522. The van der Waals surface area contributed by atoms with Gasteiger partial charge in [0.1, 0.15) is 0 Å². The van der Waals surface area contributed by atoms with Gasteiger partial charge in [0.25, 0.3) is 0 Å². The third-order valence-corrected chi connectivity index (χ3v) is 3.21. The average Bonchev–Trinajstić information content (AvgIpc) is 2.60. The number of nitrogens with two attached hydrogens (primary N) is 1. The van der Waals surface area contributed by atoms with Crippen LogP contribution in [0.15, 0.2) is 12.4 Å². The normalized spacial score (nSPS) is 25.9. The van der Waals surface area contributed by atoms with Crippen LogP contribution in [0.1, 0.15) is 33.1 Å². The zero-order valence-electron chi connectivity index (χ0n) is 9.35. The molecule has 0 amide bonds. The second-order valence-electron chi connectivity index (χ2n) is 4.16. The fourth-order valence-corrected chi connectivity index (χ4v) is 2.39. The van der Waals surface area contributed by atoms with Gasteiger partial charge in [-0.25, -0.2) is 9.97 Å². The first-order valence-electron chi connectivity index (χ1n) is 5.58. The lowest BCUT2D eigenvalue weighted by molar-refractivity contribution is 0.621. The highest BCUT2D eigenvalue weighted by atomic mass is 15.3. The summed E-state index contributed by atoms with van der Waals surface area (Å²) in [5, 5.41) is 0. The lowest BCUT2D eigenvalue weighted by atomic mass is 10.1. The van der Waals surface area contributed by atoms with Crippen LogP contribution in [0.5, 0.6) is 0 Å². The molecule has 15 heavy (non-hydrogen) atoms. The van der Waals surface area contributed by atoms with Crippen LogP contribution in [-0.4, -0.2) is 22.1 Å². The molecule has 2 N–H and O–H groups in total. The van der Waals surface area contributed by atoms with Crippen molar-refractivity contribution in [3.8, 4) is 0 Å². The van der Waals surface area contributed by atoms with Crippen LogP contribution in [0, 0.1) is 0 Å². The Morgan fingerprint density at radius 1 is 1.40 bits per heavy atom. The van der Waals surface area contributed by atoms with Crippen LogP contribution in [-0.2, 0) is 0 Å². The highest BCUT2D eigenvalue weighted by Crippen LogP contribution is 2.32. The highest BCUT2D eigenvalue weighted by molar-refractivity contribution is 5.59. The summed E-state index contributed by atoms with van der Waals surface area (Å²) < 4.78 is 0. The van der Waals surface area contributed by atoms with E-state index in [2.05, 4.69) is 28.7 Å². The van der Waals surface area contributed by atoms with Crippen molar-refractivity contribution in [2.75, 3.05) is 10.6 Å². The maximum atomic E-state index is 5.86. The summed E-state index contributed by atoms with van der Waals surface area (Å²) in [5.41, 5.74) is 5.86. The molecule has 4 nitrogen and oxygen atoms in total. The molecule has 0 saturated carbocycles. The largest absolute Gasteiger partial charge is 0.381 e. The fraction of sp³-hybridized carbons (Fsp3) is 0.636. The first-order chi connectivity index (χ1) is 7.24. The van der Waals surface area contributed by atoms with Crippen molar-refractivity contribution >= 4 is 11.6 Å². The maximum Gasteiger partial charge on any atom is 0.172 e. The Morgan fingerprint density at radius 2 is 2.13 bits per heavy atom. The second-order valence-corrected chi connectivity index (χ2v) is 4.16. The third kappa shape index (κ3) is 1.76. The molecule has 0 radical (unpaired) electrons. The van der Waals surface area contributed by atoms with E-state index >= 15 is 0 Å². The van der Waals surface area contributed by atoms with Gasteiger partial charge >= 0.3 is 0 Å². The number of hydrogen-bond donors (Lipinski definition) is 1. The molecular formula is C11H18N4. The van der Waals surface area contributed by atoms with Gasteiger partial charge in [-0.1, -0.05) is 6.92 Å². The molecule has 4 heteroatoms. The topological polar surface area (TPSA) is 55.0 Å². The van der Waals surface area contributed by atoms with Gasteiger partial charge in [-0.15, -0.1) is 0 Å². The average molecular weight is 206 g/mol. The molecule has 2 unspecified atom stereocenters. The summed E-state index contributed by atoms with van der Waals surface area (Å²) in [4.78, 5) is 10.8. The van der Waals surface area contributed by atoms with Crippen molar-refractivity contribution in [2.24, 2.45) is 0 Å². The summed E-state index contributed by atoms with van der Waals surface area (Å²) in [7, 11) is 0. The van der Waals surface area contributed by atoms with Crippen LogP contribution in [0.3, 0.4) is 0 Å². The molecule has 2 atom stereocenters. The van der Waals surface area contributed by atoms with Gasteiger partial charge in [-0.3, -0.25) is 0 Å². The van der Waals surface area contributed by atoms with Crippen molar-refractivity contribution in [1.29, 1.82) is 0 Å². The smallest absolute Gasteiger partial charge is 0.172 e. The van der Waals surface area contributed by atoms with Crippen molar-refractivity contribution in [3.05, 3.63) is 12.4 Å². The Balaban J connectivity index is 2.32. The number of nitrogen functional groups attached to an aromatic ring is 1. The number of rotatable bonds is 2. The Hall–Kier alpha value is -1.32. The van der Waals surface area contributed by atoms with Crippen LogP contribution in [0.4, 0.5) is 11.6 Å². The Kier molecular flexibility index (Phi) is 2.75. The molecular weight excluding hydrogens is 188 g/mol. The van der Waals surface area contributed by atoms with Gasteiger partial charge in [0.2, 0.25) is 0 Å². The lowest BCUT2D eigenvalue weighted by Gasteiger charge is -2.29. The van der Waals surface area contributed by atoms with Crippen LogP contribution in [0.2, 0.25) is 0 Å². The zero-order chi connectivity index (χ0) is 10.8.